The van der Waals surface area contributed by atoms with Crippen LogP contribution in [0.1, 0.15) is 41.6 Å². The van der Waals surface area contributed by atoms with E-state index in [9.17, 15) is 5.26 Å². The maximum atomic E-state index is 9.83. The van der Waals surface area contributed by atoms with E-state index in [1.54, 1.807) is 7.11 Å². The fourth-order valence-corrected chi connectivity index (χ4v) is 4.03. The lowest BCUT2D eigenvalue weighted by atomic mass is 9.83. The number of halogens is 1. The first-order valence-corrected chi connectivity index (χ1v) is 10.6. The van der Waals surface area contributed by atoms with Gasteiger partial charge in [0.05, 0.1) is 13.0 Å². The van der Waals surface area contributed by atoms with Gasteiger partial charge in [-0.2, -0.15) is 5.26 Å². The van der Waals surface area contributed by atoms with Crippen molar-refractivity contribution < 1.29 is 14.2 Å². The van der Waals surface area contributed by atoms with Crippen molar-refractivity contribution in [2.24, 2.45) is 5.73 Å². The molecular weight excluding hydrogens is 428 g/mol. The molecule has 164 valence electrons. The summed E-state index contributed by atoms with van der Waals surface area (Å²) in [6.07, 6.45) is 1.69. The number of hydrogen-bond donors (Lipinski definition) is 2. The van der Waals surface area contributed by atoms with Crippen LogP contribution in [0.2, 0.25) is 5.02 Å². The molecule has 1 aliphatic heterocycles. The highest BCUT2D eigenvalue weighted by molar-refractivity contribution is 6.31. The van der Waals surface area contributed by atoms with E-state index in [1.165, 1.54) is 0 Å². The molecule has 1 aliphatic rings. The molecule has 4 rings (SSSR count). The minimum absolute atomic E-state index is 0.0533. The minimum atomic E-state index is -0.421. The number of nitrogens with zero attached hydrogens (tertiary/aromatic N) is 2. The number of fused-ring (bicyclic) bond motifs is 1. The number of aryl methyl sites for hydroxylation is 1. The summed E-state index contributed by atoms with van der Waals surface area (Å²) in [6, 6.07) is 15.3. The van der Waals surface area contributed by atoms with Gasteiger partial charge in [-0.3, -0.25) is 5.10 Å². The number of H-pyrrole nitrogens is 1. The number of methoxy groups -OCH3 is 1. The molecule has 0 fully saturated rings. The quantitative estimate of drug-likeness (QED) is 0.534. The highest BCUT2D eigenvalue weighted by atomic mass is 35.5. The SMILES string of the molecule is CCCc1[nH]nc2c1C(c1ccc(OCc3ccccc3Cl)c(OC)c1)C(C#N)=C(N)O2. The number of nitrogens with one attached hydrogen (secondary N) is 1. The molecule has 2 aromatic carbocycles. The Balaban J connectivity index is 1.71. The van der Waals surface area contributed by atoms with Crippen LogP contribution in [0.25, 0.3) is 0 Å². The van der Waals surface area contributed by atoms with Crippen LogP contribution in [0.4, 0.5) is 0 Å². The van der Waals surface area contributed by atoms with E-state index in [4.69, 9.17) is 31.5 Å². The Kier molecular flexibility index (Phi) is 6.24. The van der Waals surface area contributed by atoms with Crippen LogP contribution < -0.4 is 19.9 Å². The van der Waals surface area contributed by atoms with Gasteiger partial charge in [-0.1, -0.05) is 49.2 Å². The molecule has 8 heteroatoms. The smallest absolute Gasteiger partial charge is 0.244 e. The van der Waals surface area contributed by atoms with E-state index >= 15 is 0 Å². The zero-order valence-corrected chi connectivity index (χ0v) is 18.6. The Hall–Kier alpha value is -3.63. The molecule has 1 aromatic heterocycles. The van der Waals surface area contributed by atoms with Gasteiger partial charge in [0.15, 0.2) is 11.5 Å². The van der Waals surface area contributed by atoms with Crippen LogP contribution in [-0.2, 0) is 13.0 Å². The highest BCUT2D eigenvalue weighted by Gasteiger charge is 2.35. The summed E-state index contributed by atoms with van der Waals surface area (Å²) in [5.41, 5.74) is 9.84. The van der Waals surface area contributed by atoms with Crippen molar-refractivity contribution in [3.63, 3.8) is 0 Å². The lowest BCUT2D eigenvalue weighted by molar-refractivity contribution is 0.284. The Morgan fingerprint density at radius 2 is 2.06 bits per heavy atom. The molecule has 7 nitrogen and oxygen atoms in total. The second-order valence-electron chi connectivity index (χ2n) is 7.39. The molecule has 2 heterocycles. The Bertz CT molecular complexity index is 1210. The van der Waals surface area contributed by atoms with Crippen molar-refractivity contribution in [2.45, 2.75) is 32.3 Å². The van der Waals surface area contributed by atoms with Gasteiger partial charge in [-0.05, 0) is 30.2 Å². The summed E-state index contributed by atoms with van der Waals surface area (Å²) in [6.45, 7) is 2.38. The van der Waals surface area contributed by atoms with Crippen molar-refractivity contribution in [3.05, 3.63) is 81.3 Å². The Labute approximate surface area is 191 Å². The molecule has 0 saturated carbocycles. The molecule has 32 heavy (non-hydrogen) atoms. The molecule has 0 radical (unpaired) electrons. The number of aromatic nitrogens is 2. The predicted molar refractivity (Wildman–Crippen MR) is 121 cm³/mol. The van der Waals surface area contributed by atoms with Gasteiger partial charge in [0, 0.05) is 21.8 Å². The molecule has 0 amide bonds. The minimum Gasteiger partial charge on any atom is -0.493 e. The van der Waals surface area contributed by atoms with Crippen molar-refractivity contribution in [1.29, 1.82) is 5.26 Å². The number of allylic oxidation sites excluding steroid dienone is 1. The topological polar surface area (TPSA) is 106 Å². The van der Waals surface area contributed by atoms with E-state index in [0.29, 0.717) is 34.6 Å². The first-order valence-electron chi connectivity index (χ1n) is 10.3. The summed E-state index contributed by atoms with van der Waals surface area (Å²) in [4.78, 5) is 0. The van der Waals surface area contributed by atoms with Crippen LogP contribution >= 0.6 is 11.6 Å². The lowest BCUT2D eigenvalue weighted by Gasteiger charge is -2.24. The van der Waals surface area contributed by atoms with E-state index in [1.807, 2.05) is 42.5 Å². The van der Waals surface area contributed by atoms with Crippen molar-refractivity contribution in [3.8, 4) is 23.4 Å². The van der Waals surface area contributed by atoms with Gasteiger partial charge in [0.1, 0.15) is 18.2 Å². The number of aromatic amines is 1. The van der Waals surface area contributed by atoms with Crippen molar-refractivity contribution in [2.75, 3.05) is 7.11 Å². The number of nitriles is 1. The maximum absolute atomic E-state index is 9.83. The second-order valence-corrected chi connectivity index (χ2v) is 7.79. The summed E-state index contributed by atoms with van der Waals surface area (Å²) in [5, 5.41) is 17.8. The molecule has 0 spiro atoms. The van der Waals surface area contributed by atoms with Crippen molar-refractivity contribution in [1.82, 2.24) is 10.2 Å². The van der Waals surface area contributed by atoms with E-state index in [2.05, 4.69) is 23.2 Å². The van der Waals surface area contributed by atoms with E-state index in [0.717, 1.165) is 35.2 Å². The van der Waals surface area contributed by atoms with Gasteiger partial charge >= 0.3 is 0 Å². The molecule has 0 saturated heterocycles. The predicted octanol–water partition coefficient (Wildman–Crippen LogP) is 4.82. The van der Waals surface area contributed by atoms with Gasteiger partial charge in [0.2, 0.25) is 11.8 Å². The van der Waals surface area contributed by atoms with E-state index < -0.39 is 5.92 Å². The van der Waals surface area contributed by atoms with Crippen LogP contribution in [0, 0.1) is 11.3 Å². The average Bonchev–Trinajstić information content (AvgIpc) is 3.19. The normalized spacial score (nSPS) is 15.0. The molecule has 0 bridgehead atoms. The standard InChI is InChI=1S/C24H23ClN4O3/c1-3-6-18-22-21(16(12-26)23(27)32-24(22)29-28-18)14-9-10-19(20(11-14)30-2)31-13-15-7-4-5-8-17(15)25/h4-5,7-11,21H,3,6,13,27H2,1-2H3,(H,28,29). The zero-order valence-electron chi connectivity index (χ0n) is 17.8. The summed E-state index contributed by atoms with van der Waals surface area (Å²) in [5.74, 6) is 1.14. The molecule has 1 atom stereocenters. The Morgan fingerprint density at radius 1 is 1.25 bits per heavy atom. The average molecular weight is 451 g/mol. The first kappa shape index (κ1) is 21.6. The largest absolute Gasteiger partial charge is 0.493 e. The third-order valence-corrected chi connectivity index (χ3v) is 5.75. The number of nitrogens with two attached hydrogens (primary N) is 1. The second kappa shape index (κ2) is 9.25. The van der Waals surface area contributed by atoms with E-state index in [-0.39, 0.29) is 5.88 Å². The van der Waals surface area contributed by atoms with Crippen LogP contribution in [0.3, 0.4) is 0 Å². The Morgan fingerprint density at radius 3 is 2.78 bits per heavy atom. The third kappa shape index (κ3) is 3.97. The summed E-state index contributed by atoms with van der Waals surface area (Å²) < 4.78 is 17.2. The molecular formula is C24H23ClN4O3. The third-order valence-electron chi connectivity index (χ3n) is 5.38. The summed E-state index contributed by atoms with van der Waals surface area (Å²) >= 11 is 6.23. The number of ether oxygens (including phenoxy) is 3. The van der Waals surface area contributed by atoms with Crippen LogP contribution in [-0.4, -0.2) is 17.3 Å². The summed E-state index contributed by atoms with van der Waals surface area (Å²) in [7, 11) is 1.58. The number of rotatable bonds is 7. The number of benzene rings is 2. The van der Waals surface area contributed by atoms with Gasteiger partial charge in [-0.25, -0.2) is 0 Å². The van der Waals surface area contributed by atoms with Gasteiger partial charge in [0.25, 0.3) is 0 Å². The maximum Gasteiger partial charge on any atom is 0.244 e. The molecule has 3 N–H and O–H groups in total. The monoisotopic (exact) mass is 450 g/mol. The molecule has 3 aromatic rings. The van der Waals surface area contributed by atoms with Crippen molar-refractivity contribution >= 4 is 11.6 Å². The van der Waals surface area contributed by atoms with Crippen LogP contribution in [0.15, 0.2) is 53.9 Å². The van der Waals surface area contributed by atoms with Gasteiger partial charge < -0.3 is 19.9 Å². The van der Waals surface area contributed by atoms with Gasteiger partial charge in [-0.15, -0.1) is 5.10 Å². The first-order chi connectivity index (χ1) is 15.6. The fraction of sp³-hybridized carbons (Fsp3) is 0.250. The zero-order chi connectivity index (χ0) is 22.7. The fourth-order valence-electron chi connectivity index (χ4n) is 3.84. The molecule has 1 unspecified atom stereocenters. The number of hydrogen-bond acceptors (Lipinski definition) is 6. The highest BCUT2D eigenvalue weighted by Crippen LogP contribution is 2.45. The lowest BCUT2D eigenvalue weighted by Crippen LogP contribution is -2.21. The molecule has 0 aliphatic carbocycles. The van der Waals surface area contributed by atoms with Crippen LogP contribution in [0.5, 0.6) is 17.4 Å².